The van der Waals surface area contributed by atoms with Crippen LogP contribution in [0.4, 0.5) is 18.9 Å². The van der Waals surface area contributed by atoms with E-state index in [4.69, 9.17) is 0 Å². The van der Waals surface area contributed by atoms with Gasteiger partial charge in [-0.25, -0.2) is 13.2 Å². The van der Waals surface area contributed by atoms with Gasteiger partial charge in [-0.05, 0) is 36.8 Å². The van der Waals surface area contributed by atoms with Gasteiger partial charge in [0.25, 0.3) is 0 Å². The number of carbonyl (C=O) groups excluding carboxylic acids is 2. The molecule has 2 amide bonds. The Kier molecular flexibility index (Phi) is 6.19. The minimum atomic E-state index is -1.33. The predicted octanol–water partition coefficient (Wildman–Crippen LogP) is 3.47. The average molecular weight is 415 g/mol. The molecule has 0 aromatic heterocycles. The van der Waals surface area contributed by atoms with E-state index in [1.165, 1.54) is 0 Å². The standard InChI is InChI=1S/C17H14BrF3N2O2/c1-9-4-11(2-3-12(9)18)23-17(25)8-22-16(24)6-10-5-14(20)15(21)7-13(10)19/h2-5,7H,6,8H2,1H3,(H,22,24)(H,23,25). The molecule has 8 heteroatoms. The molecular formula is C17H14BrF3N2O2. The second-order valence-electron chi connectivity index (χ2n) is 5.32. The highest BCUT2D eigenvalue weighted by atomic mass is 79.9. The van der Waals surface area contributed by atoms with Gasteiger partial charge in [0.05, 0.1) is 13.0 Å². The van der Waals surface area contributed by atoms with Gasteiger partial charge in [0.15, 0.2) is 11.6 Å². The Morgan fingerprint density at radius 1 is 1.00 bits per heavy atom. The van der Waals surface area contributed by atoms with Crippen molar-refractivity contribution in [3.8, 4) is 0 Å². The van der Waals surface area contributed by atoms with Crippen molar-refractivity contribution in [1.82, 2.24) is 5.32 Å². The van der Waals surface area contributed by atoms with E-state index in [0.29, 0.717) is 17.8 Å². The highest BCUT2D eigenvalue weighted by Gasteiger charge is 2.14. The summed E-state index contributed by atoms with van der Waals surface area (Å²) in [7, 11) is 0. The number of hydrogen-bond acceptors (Lipinski definition) is 2. The maximum atomic E-state index is 13.5. The van der Waals surface area contributed by atoms with Crippen LogP contribution in [0.25, 0.3) is 0 Å². The van der Waals surface area contributed by atoms with Gasteiger partial charge in [-0.2, -0.15) is 0 Å². The van der Waals surface area contributed by atoms with E-state index < -0.39 is 35.7 Å². The number of aryl methyl sites for hydroxylation is 1. The Labute approximate surface area is 150 Å². The van der Waals surface area contributed by atoms with Crippen molar-refractivity contribution < 1.29 is 22.8 Å². The maximum Gasteiger partial charge on any atom is 0.243 e. The highest BCUT2D eigenvalue weighted by molar-refractivity contribution is 9.10. The fourth-order valence-electron chi connectivity index (χ4n) is 2.04. The summed E-state index contributed by atoms with van der Waals surface area (Å²) < 4.78 is 40.3. The zero-order valence-corrected chi connectivity index (χ0v) is 14.7. The first-order chi connectivity index (χ1) is 11.8. The maximum absolute atomic E-state index is 13.5. The SMILES string of the molecule is Cc1cc(NC(=O)CNC(=O)Cc2cc(F)c(F)cc2F)ccc1Br. The third kappa shape index (κ3) is 5.32. The van der Waals surface area contributed by atoms with Crippen LogP contribution in [0.1, 0.15) is 11.1 Å². The third-order valence-corrected chi connectivity index (χ3v) is 4.22. The van der Waals surface area contributed by atoms with Gasteiger partial charge in [-0.15, -0.1) is 0 Å². The first-order valence-electron chi connectivity index (χ1n) is 7.22. The molecule has 132 valence electrons. The normalized spacial score (nSPS) is 10.4. The lowest BCUT2D eigenvalue weighted by molar-refractivity contribution is -0.123. The van der Waals surface area contributed by atoms with Crippen molar-refractivity contribution in [1.29, 1.82) is 0 Å². The first kappa shape index (κ1) is 19.0. The third-order valence-electron chi connectivity index (χ3n) is 3.33. The number of carbonyl (C=O) groups is 2. The van der Waals surface area contributed by atoms with Crippen LogP contribution in [0.15, 0.2) is 34.8 Å². The van der Waals surface area contributed by atoms with Gasteiger partial charge in [-0.1, -0.05) is 15.9 Å². The van der Waals surface area contributed by atoms with Crippen LogP contribution in [0.5, 0.6) is 0 Å². The quantitative estimate of drug-likeness (QED) is 0.735. The summed E-state index contributed by atoms with van der Waals surface area (Å²) in [6.45, 7) is 1.52. The number of hydrogen-bond donors (Lipinski definition) is 2. The molecular weight excluding hydrogens is 401 g/mol. The van der Waals surface area contributed by atoms with Crippen molar-refractivity contribution in [2.24, 2.45) is 0 Å². The number of halogens is 4. The fraction of sp³-hybridized carbons (Fsp3) is 0.176. The minimum absolute atomic E-state index is 0.291. The molecule has 0 radical (unpaired) electrons. The van der Waals surface area contributed by atoms with Gasteiger partial charge in [0.1, 0.15) is 5.82 Å². The van der Waals surface area contributed by atoms with Crippen molar-refractivity contribution >= 4 is 33.4 Å². The summed E-state index contributed by atoms with van der Waals surface area (Å²) in [5.41, 5.74) is 1.20. The summed E-state index contributed by atoms with van der Waals surface area (Å²) >= 11 is 3.34. The summed E-state index contributed by atoms with van der Waals surface area (Å²) in [6, 6.07) is 6.21. The monoisotopic (exact) mass is 414 g/mol. The van der Waals surface area contributed by atoms with Gasteiger partial charge < -0.3 is 10.6 Å². The Balaban J connectivity index is 1.88. The molecule has 0 aliphatic carbocycles. The molecule has 2 rings (SSSR count). The molecule has 0 unspecified atom stereocenters. The van der Waals surface area contributed by atoms with E-state index in [1.807, 2.05) is 6.92 Å². The number of anilines is 1. The van der Waals surface area contributed by atoms with Crippen LogP contribution < -0.4 is 10.6 Å². The van der Waals surface area contributed by atoms with E-state index in [9.17, 15) is 22.8 Å². The Morgan fingerprint density at radius 2 is 1.68 bits per heavy atom. The highest BCUT2D eigenvalue weighted by Crippen LogP contribution is 2.19. The number of nitrogens with one attached hydrogen (secondary N) is 2. The zero-order chi connectivity index (χ0) is 18.6. The predicted molar refractivity (Wildman–Crippen MR) is 90.5 cm³/mol. The van der Waals surface area contributed by atoms with Crippen LogP contribution in [0.2, 0.25) is 0 Å². The van der Waals surface area contributed by atoms with E-state index in [0.717, 1.165) is 10.0 Å². The van der Waals surface area contributed by atoms with E-state index >= 15 is 0 Å². The molecule has 0 heterocycles. The molecule has 2 aromatic carbocycles. The average Bonchev–Trinajstić information content (AvgIpc) is 2.54. The summed E-state index contributed by atoms with van der Waals surface area (Å²) in [6.07, 6.45) is -0.506. The van der Waals surface area contributed by atoms with Crippen molar-refractivity contribution in [3.63, 3.8) is 0 Å². The molecule has 4 nitrogen and oxygen atoms in total. The molecule has 0 fully saturated rings. The molecule has 2 aromatic rings. The molecule has 0 aliphatic rings. The smallest absolute Gasteiger partial charge is 0.243 e. The van der Waals surface area contributed by atoms with Gasteiger partial charge >= 0.3 is 0 Å². The molecule has 0 aliphatic heterocycles. The number of amides is 2. The van der Waals surface area contributed by atoms with Crippen molar-refractivity contribution in [2.75, 3.05) is 11.9 Å². The molecule has 0 spiro atoms. The minimum Gasteiger partial charge on any atom is -0.347 e. The van der Waals surface area contributed by atoms with E-state index in [-0.39, 0.29) is 12.1 Å². The Bertz CT molecular complexity index is 828. The molecule has 0 atom stereocenters. The van der Waals surface area contributed by atoms with Crippen LogP contribution in [-0.4, -0.2) is 18.4 Å². The van der Waals surface area contributed by atoms with Crippen molar-refractivity contribution in [2.45, 2.75) is 13.3 Å². The zero-order valence-electron chi connectivity index (χ0n) is 13.1. The summed E-state index contributed by atoms with van der Waals surface area (Å²) in [4.78, 5) is 23.5. The second-order valence-corrected chi connectivity index (χ2v) is 6.18. The van der Waals surface area contributed by atoms with Gasteiger partial charge in [0.2, 0.25) is 11.8 Å². The van der Waals surface area contributed by atoms with Crippen LogP contribution in [0, 0.1) is 24.4 Å². The molecule has 0 saturated carbocycles. The number of rotatable bonds is 5. The lowest BCUT2D eigenvalue weighted by atomic mass is 10.1. The van der Waals surface area contributed by atoms with Crippen molar-refractivity contribution in [3.05, 3.63) is 63.4 Å². The number of benzene rings is 2. The fourth-order valence-corrected chi connectivity index (χ4v) is 2.29. The van der Waals surface area contributed by atoms with Gasteiger partial charge in [-0.3, -0.25) is 9.59 Å². The molecule has 0 bridgehead atoms. The lowest BCUT2D eigenvalue weighted by Crippen LogP contribution is -2.34. The summed E-state index contributed by atoms with van der Waals surface area (Å²) in [5.74, 6) is -4.75. The first-order valence-corrected chi connectivity index (χ1v) is 8.01. The van der Waals surface area contributed by atoms with E-state index in [2.05, 4.69) is 26.6 Å². The summed E-state index contributed by atoms with van der Waals surface area (Å²) in [5, 5.41) is 4.89. The molecule has 2 N–H and O–H groups in total. The molecule has 25 heavy (non-hydrogen) atoms. The van der Waals surface area contributed by atoms with E-state index in [1.54, 1.807) is 18.2 Å². The largest absolute Gasteiger partial charge is 0.347 e. The lowest BCUT2D eigenvalue weighted by Gasteiger charge is -2.09. The van der Waals surface area contributed by atoms with Crippen LogP contribution in [0.3, 0.4) is 0 Å². The topological polar surface area (TPSA) is 58.2 Å². The Hall–Kier alpha value is -2.35. The van der Waals surface area contributed by atoms with Crippen LogP contribution in [-0.2, 0) is 16.0 Å². The Morgan fingerprint density at radius 3 is 2.36 bits per heavy atom. The van der Waals surface area contributed by atoms with Gasteiger partial charge in [0, 0.05) is 21.8 Å². The second kappa shape index (κ2) is 8.15. The van der Waals surface area contributed by atoms with Crippen LogP contribution >= 0.6 is 15.9 Å². The molecule has 0 saturated heterocycles.